The Morgan fingerprint density at radius 3 is 2.57 bits per heavy atom. The Kier molecular flexibility index (Phi) is 0.928. The molecule has 0 aromatic heterocycles. The number of rotatable bonds is 0. The van der Waals surface area contributed by atoms with Crippen molar-refractivity contribution in [2.24, 2.45) is 0 Å². The van der Waals surface area contributed by atoms with E-state index >= 15 is 0 Å². The average Bonchev–Trinajstić information content (AvgIpc) is 1.69. The Hall–Kier alpha value is -1.07. The zero-order valence-corrected chi connectivity index (χ0v) is 3.72. The summed E-state index contributed by atoms with van der Waals surface area (Å²) < 4.78 is 0. The molecule has 0 N–H and O–H groups in total. The van der Waals surface area contributed by atoms with Crippen LogP contribution in [-0.4, -0.2) is 0 Å². The third-order valence-corrected chi connectivity index (χ3v) is 0.681. The third kappa shape index (κ3) is 0.881. The highest BCUT2D eigenvalue weighted by atomic mass is 16.3. The predicted molar refractivity (Wildman–Crippen MR) is 25.0 cm³/mol. The van der Waals surface area contributed by atoms with Crippen molar-refractivity contribution in [2.45, 2.75) is 0 Å². The van der Waals surface area contributed by atoms with Crippen LogP contribution in [0.2, 0.25) is 0 Å². The molecule has 34 valence electrons. The summed E-state index contributed by atoms with van der Waals surface area (Å²) in [6, 6.07) is 0. The average molecular weight is 92.1 g/mol. The molecule has 1 rings (SSSR count). The van der Waals surface area contributed by atoms with Gasteiger partial charge in [0.05, 0.1) is 5.76 Å². The highest BCUT2D eigenvalue weighted by Gasteiger charge is 1.85. The Balaban J connectivity index is 2.82. The minimum Gasteiger partial charge on any atom is -0.845 e. The monoisotopic (exact) mass is 92.0 g/mol. The summed E-state index contributed by atoms with van der Waals surface area (Å²) in [4.78, 5) is 0. The van der Waals surface area contributed by atoms with Gasteiger partial charge in [0.15, 0.2) is 0 Å². The minimum absolute atomic E-state index is 0.0532. The maximum atomic E-state index is 10.2. The van der Waals surface area contributed by atoms with E-state index in [0.29, 0.717) is 0 Å². The van der Waals surface area contributed by atoms with Crippen LogP contribution >= 0.6 is 0 Å². The fourth-order valence-corrected chi connectivity index (χ4v) is 0.377. The van der Waals surface area contributed by atoms with E-state index in [-0.39, 0.29) is 5.76 Å². The first kappa shape index (κ1) is 4.10. The normalized spacial score (nSPS) is 15.7. The van der Waals surface area contributed by atoms with Crippen LogP contribution in [0.1, 0.15) is 0 Å². The summed E-state index contributed by atoms with van der Waals surface area (Å²) in [6.45, 7) is 0. The quantitative estimate of drug-likeness (QED) is 0.390. The molecule has 1 aliphatic rings. The molecule has 0 fully saturated rings. The van der Waals surface area contributed by atoms with Crippen LogP contribution in [0.4, 0.5) is 0 Å². The van der Waals surface area contributed by atoms with Crippen LogP contribution < -0.4 is 5.11 Å². The van der Waals surface area contributed by atoms with E-state index in [0.717, 1.165) is 0 Å². The molecular weight excluding hydrogens is 88.1 g/mol. The molecular formula is C6H4O. The zero-order chi connectivity index (χ0) is 5.11. The number of hydrogen-bond acceptors (Lipinski definition) is 1. The van der Waals surface area contributed by atoms with Crippen molar-refractivity contribution < 1.29 is 5.11 Å². The molecule has 0 saturated heterocycles. The van der Waals surface area contributed by atoms with E-state index in [1.54, 1.807) is 18.2 Å². The molecule has 0 atom stereocenters. The van der Waals surface area contributed by atoms with Crippen LogP contribution in [-0.2, 0) is 0 Å². The first-order valence-electron chi connectivity index (χ1n) is 2.03. The van der Waals surface area contributed by atoms with Gasteiger partial charge >= 0.3 is 0 Å². The molecule has 0 saturated carbocycles. The van der Waals surface area contributed by atoms with Crippen molar-refractivity contribution in [1.29, 1.82) is 0 Å². The van der Waals surface area contributed by atoms with Crippen LogP contribution in [0.25, 0.3) is 0 Å². The molecule has 0 amide bonds. The molecule has 0 radical (unpaired) electrons. The van der Waals surface area contributed by atoms with Crippen molar-refractivity contribution in [3.8, 4) is 0 Å². The largest absolute Gasteiger partial charge is 0.845 e. The summed E-state index contributed by atoms with van der Waals surface area (Å²) >= 11 is 0. The van der Waals surface area contributed by atoms with Gasteiger partial charge in [-0.2, -0.15) is 0 Å². The van der Waals surface area contributed by atoms with Gasteiger partial charge in [-0.15, -0.1) is 0 Å². The van der Waals surface area contributed by atoms with Crippen LogP contribution in [0.5, 0.6) is 0 Å². The second-order valence-electron chi connectivity index (χ2n) is 1.23. The van der Waals surface area contributed by atoms with Gasteiger partial charge in [0.25, 0.3) is 0 Å². The summed E-state index contributed by atoms with van der Waals surface area (Å²) in [5.74, 6) is -0.0532. The van der Waals surface area contributed by atoms with E-state index in [1.807, 2.05) is 0 Å². The summed E-state index contributed by atoms with van der Waals surface area (Å²) in [5, 5.41) is 10.2. The SMILES string of the molecule is [O-]C1=CC=CC=[C+]1. The molecule has 0 aromatic rings. The number of hydrogen-bond donors (Lipinski definition) is 0. The van der Waals surface area contributed by atoms with Crippen LogP contribution in [0.15, 0.2) is 30.1 Å². The lowest BCUT2D eigenvalue weighted by Crippen LogP contribution is -2.00. The van der Waals surface area contributed by atoms with Crippen molar-refractivity contribution in [3.05, 3.63) is 36.1 Å². The van der Waals surface area contributed by atoms with Gasteiger partial charge in [-0.3, -0.25) is 0 Å². The summed E-state index contributed by atoms with van der Waals surface area (Å²) in [6.07, 6.45) is 9.01. The maximum Gasteiger partial charge on any atom is 0.102 e. The van der Waals surface area contributed by atoms with Crippen LogP contribution in [0, 0.1) is 6.08 Å². The second-order valence-corrected chi connectivity index (χ2v) is 1.23. The minimum atomic E-state index is -0.0532. The number of allylic oxidation sites excluding steroid dienone is 5. The Morgan fingerprint density at radius 1 is 1.43 bits per heavy atom. The fraction of sp³-hybridized carbons (Fsp3) is 0. The molecule has 0 bridgehead atoms. The van der Waals surface area contributed by atoms with Gasteiger partial charge in [-0.25, -0.2) is 0 Å². The first-order chi connectivity index (χ1) is 3.39. The molecule has 0 unspecified atom stereocenters. The van der Waals surface area contributed by atoms with Gasteiger partial charge < -0.3 is 5.11 Å². The van der Waals surface area contributed by atoms with Crippen molar-refractivity contribution in [2.75, 3.05) is 0 Å². The predicted octanol–water partition coefficient (Wildman–Crippen LogP) is 0.160. The smallest absolute Gasteiger partial charge is 0.102 e. The van der Waals surface area contributed by atoms with E-state index in [4.69, 9.17) is 0 Å². The molecule has 7 heavy (non-hydrogen) atoms. The lowest BCUT2D eigenvalue weighted by atomic mass is 10.3. The first-order valence-corrected chi connectivity index (χ1v) is 2.03. The van der Waals surface area contributed by atoms with Crippen molar-refractivity contribution in [3.63, 3.8) is 0 Å². The zero-order valence-electron chi connectivity index (χ0n) is 3.72. The van der Waals surface area contributed by atoms with Gasteiger partial charge in [-0.05, 0) is 0 Å². The maximum absolute atomic E-state index is 10.2. The van der Waals surface area contributed by atoms with Gasteiger partial charge in [0.2, 0.25) is 0 Å². The van der Waals surface area contributed by atoms with Crippen LogP contribution in [0.3, 0.4) is 0 Å². The standard InChI is InChI=1S/C6H4O/c7-6-4-2-1-3-5-6/h1-4H. The molecule has 1 nitrogen and oxygen atoms in total. The van der Waals surface area contributed by atoms with Gasteiger partial charge in [0.1, 0.15) is 6.08 Å². The molecule has 0 aliphatic heterocycles. The molecule has 0 spiro atoms. The lowest BCUT2D eigenvalue weighted by Gasteiger charge is -1.92. The topological polar surface area (TPSA) is 23.1 Å². The van der Waals surface area contributed by atoms with Crippen molar-refractivity contribution in [1.82, 2.24) is 0 Å². The van der Waals surface area contributed by atoms with Gasteiger partial charge in [0, 0.05) is 24.3 Å². The van der Waals surface area contributed by atoms with E-state index in [1.165, 1.54) is 6.08 Å². The summed E-state index contributed by atoms with van der Waals surface area (Å²) in [7, 11) is 0. The van der Waals surface area contributed by atoms with E-state index in [9.17, 15) is 5.11 Å². The van der Waals surface area contributed by atoms with E-state index < -0.39 is 0 Å². The Bertz CT molecular complexity index is 140. The van der Waals surface area contributed by atoms with E-state index in [2.05, 4.69) is 6.08 Å². The van der Waals surface area contributed by atoms with Gasteiger partial charge in [-0.1, -0.05) is 0 Å². The molecule has 1 aliphatic carbocycles. The van der Waals surface area contributed by atoms with Crippen molar-refractivity contribution >= 4 is 0 Å². The highest BCUT2D eigenvalue weighted by molar-refractivity contribution is 5.22. The summed E-state index contributed by atoms with van der Waals surface area (Å²) in [5.41, 5.74) is 0. The highest BCUT2D eigenvalue weighted by Crippen LogP contribution is 1.92. The molecule has 0 heterocycles. The molecule has 0 aromatic carbocycles. The Labute approximate surface area is 42.3 Å². The fourth-order valence-electron chi connectivity index (χ4n) is 0.377. The Morgan fingerprint density at radius 2 is 2.29 bits per heavy atom. The molecule has 1 heteroatoms. The third-order valence-electron chi connectivity index (χ3n) is 0.681. The second kappa shape index (κ2) is 1.59. The lowest BCUT2D eigenvalue weighted by molar-refractivity contribution is -0.296.